The maximum absolute atomic E-state index is 11.6. The van der Waals surface area contributed by atoms with Gasteiger partial charge in [0.1, 0.15) is 15.9 Å². The molecule has 1 atom stereocenters. The number of carbonyl (C=O) groups excluding carboxylic acids is 1. The average Bonchev–Trinajstić information content (AvgIpc) is 2.23. The summed E-state index contributed by atoms with van der Waals surface area (Å²) in [5.74, 6) is -1.25. The minimum Gasteiger partial charge on any atom is -0.480 e. The molecule has 0 spiro atoms. The lowest BCUT2D eigenvalue weighted by Crippen LogP contribution is -2.47. The summed E-state index contributed by atoms with van der Waals surface area (Å²) in [7, 11) is -1.72. The Morgan fingerprint density at radius 2 is 1.94 bits per heavy atom. The van der Waals surface area contributed by atoms with Crippen molar-refractivity contribution in [1.29, 1.82) is 0 Å². The highest BCUT2D eigenvalue weighted by molar-refractivity contribution is 7.90. The molecule has 0 bridgehead atoms. The second-order valence-corrected chi connectivity index (χ2v) is 6.44. The van der Waals surface area contributed by atoms with Crippen LogP contribution in [0.1, 0.15) is 19.8 Å². The molecule has 0 aliphatic rings. The quantitative estimate of drug-likeness (QED) is 0.679. The topological polar surface area (TPSA) is 104 Å². The number of carboxylic acid groups (broad SMARTS) is 1. The van der Waals surface area contributed by atoms with Crippen LogP contribution in [0.15, 0.2) is 0 Å². The molecule has 106 valence electrons. The highest BCUT2D eigenvalue weighted by Gasteiger charge is 2.21. The largest absolute Gasteiger partial charge is 0.480 e. The van der Waals surface area contributed by atoms with Crippen LogP contribution in [-0.2, 0) is 14.6 Å². The number of hydrogen-bond donors (Lipinski definition) is 2. The van der Waals surface area contributed by atoms with E-state index >= 15 is 0 Å². The minimum atomic E-state index is -3.15. The third kappa shape index (κ3) is 7.10. The molecule has 1 unspecified atom stereocenters. The van der Waals surface area contributed by atoms with Gasteiger partial charge in [-0.2, -0.15) is 0 Å². The van der Waals surface area contributed by atoms with E-state index in [9.17, 15) is 18.0 Å². The number of sulfone groups is 1. The highest BCUT2D eigenvalue weighted by Crippen LogP contribution is 1.98. The number of carbonyl (C=O) groups is 2. The number of nitrogens with one attached hydrogen (secondary N) is 1. The molecule has 2 amide bonds. The van der Waals surface area contributed by atoms with E-state index < -0.39 is 27.9 Å². The van der Waals surface area contributed by atoms with Crippen LogP contribution < -0.4 is 5.32 Å². The standard InChI is InChI=1S/C10H20N2O5S/c1-4-5-8(9(13)14)11-10(15)12(2)6-7-18(3,16)17/h8H,4-7H2,1-3H3,(H,11,15)(H,13,14). The van der Waals surface area contributed by atoms with Crippen molar-refractivity contribution in [3.8, 4) is 0 Å². The zero-order valence-corrected chi connectivity index (χ0v) is 11.7. The first-order valence-electron chi connectivity index (χ1n) is 5.59. The normalized spacial score (nSPS) is 12.8. The van der Waals surface area contributed by atoms with Gasteiger partial charge in [0.15, 0.2) is 0 Å². The van der Waals surface area contributed by atoms with Gasteiger partial charge < -0.3 is 15.3 Å². The zero-order chi connectivity index (χ0) is 14.3. The Balaban J connectivity index is 4.33. The van der Waals surface area contributed by atoms with Gasteiger partial charge in [0.05, 0.1) is 5.75 Å². The summed E-state index contributed by atoms with van der Waals surface area (Å²) in [5, 5.41) is 11.2. The lowest BCUT2D eigenvalue weighted by Gasteiger charge is -2.20. The molecule has 0 aromatic rings. The van der Waals surface area contributed by atoms with E-state index in [2.05, 4.69) is 5.32 Å². The summed E-state index contributed by atoms with van der Waals surface area (Å²) in [6.45, 7) is 1.85. The van der Waals surface area contributed by atoms with E-state index in [1.807, 2.05) is 6.92 Å². The highest BCUT2D eigenvalue weighted by atomic mass is 32.2. The number of nitrogens with zero attached hydrogens (tertiary/aromatic N) is 1. The van der Waals surface area contributed by atoms with Crippen molar-refractivity contribution in [1.82, 2.24) is 10.2 Å². The summed E-state index contributed by atoms with van der Waals surface area (Å²) < 4.78 is 21.9. The van der Waals surface area contributed by atoms with E-state index in [-0.39, 0.29) is 12.3 Å². The Bertz CT molecular complexity index is 393. The summed E-state index contributed by atoms with van der Waals surface area (Å²) in [5.41, 5.74) is 0. The Morgan fingerprint density at radius 3 is 2.33 bits per heavy atom. The van der Waals surface area contributed by atoms with Gasteiger partial charge in [0.2, 0.25) is 0 Å². The monoisotopic (exact) mass is 280 g/mol. The lowest BCUT2D eigenvalue weighted by molar-refractivity contribution is -0.139. The molecular weight excluding hydrogens is 260 g/mol. The SMILES string of the molecule is CCCC(NC(=O)N(C)CCS(C)(=O)=O)C(=O)O. The number of carboxylic acids is 1. The fourth-order valence-corrected chi connectivity index (χ4v) is 1.82. The molecule has 0 aromatic carbocycles. The first-order valence-corrected chi connectivity index (χ1v) is 7.65. The molecule has 2 N–H and O–H groups in total. The van der Waals surface area contributed by atoms with Gasteiger partial charge >= 0.3 is 12.0 Å². The van der Waals surface area contributed by atoms with Gasteiger partial charge in [0, 0.05) is 19.8 Å². The van der Waals surface area contributed by atoms with Crippen LogP contribution >= 0.6 is 0 Å². The van der Waals surface area contributed by atoms with Crippen LogP contribution in [0.2, 0.25) is 0 Å². The molecule has 0 fully saturated rings. The molecule has 0 aliphatic heterocycles. The van der Waals surface area contributed by atoms with E-state index in [1.54, 1.807) is 0 Å². The molecule has 7 nitrogen and oxygen atoms in total. The average molecular weight is 280 g/mol. The van der Waals surface area contributed by atoms with Crippen molar-refractivity contribution in [3.63, 3.8) is 0 Å². The summed E-state index contributed by atoms with van der Waals surface area (Å²) in [4.78, 5) is 23.6. The van der Waals surface area contributed by atoms with Crippen LogP contribution in [0.5, 0.6) is 0 Å². The maximum atomic E-state index is 11.6. The summed E-state index contributed by atoms with van der Waals surface area (Å²) >= 11 is 0. The molecule has 0 rings (SSSR count). The fraction of sp³-hybridized carbons (Fsp3) is 0.800. The second-order valence-electron chi connectivity index (χ2n) is 4.18. The first-order chi connectivity index (χ1) is 8.17. The van der Waals surface area contributed by atoms with Gasteiger partial charge in [-0.05, 0) is 6.42 Å². The van der Waals surface area contributed by atoms with Gasteiger partial charge in [0.25, 0.3) is 0 Å². The molecule has 0 aliphatic carbocycles. The number of aliphatic carboxylic acids is 1. The summed E-state index contributed by atoms with van der Waals surface area (Å²) in [6.07, 6.45) is 2.04. The van der Waals surface area contributed by atoms with Crippen molar-refractivity contribution in [2.24, 2.45) is 0 Å². The predicted octanol–water partition coefficient (Wildman–Crippen LogP) is -0.0743. The Morgan fingerprint density at radius 1 is 1.39 bits per heavy atom. The second kappa shape index (κ2) is 7.20. The number of urea groups is 1. The molecular formula is C10H20N2O5S. The predicted molar refractivity (Wildman–Crippen MR) is 67.2 cm³/mol. The third-order valence-electron chi connectivity index (χ3n) is 2.32. The van der Waals surface area contributed by atoms with Crippen molar-refractivity contribution in [3.05, 3.63) is 0 Å². The number of amides is 2. The smallest absolute Gasteiger partial charge is 0.326 e. The fourth-order valence-electron chi connectivity index (χ4n) is 1.21. The minimum absolute atomic E-state index is 0.0309. The van der Waals surface area contributed by atoms with Crippen LogP contribution in [0.4, 0.5) is 4.79 Å². The van der Waals surface area contributed by atoms with E-state index in [1.165, 1.54) is 7.05 Å². The molecule has 8 heteroatoms. The molecule has 18 heavy (non-hydrogen) atoms. The molecule has 0 aromatic heterocycles. The lowest BCUT2D eigenvalue weighted by atomic mass is 10.2. The van der Waals surface area contributed by atoms with Gasteiger partial charge in [-0.15, -0.1) is 0 Å². The summed E-state index contributed by atoms with van der Waals surface area (Å²) in [6, 6.07) is -1.53. The first kappa shape index (κ1) is 16.7. The van der Waals surface area contributed by atoms with Crippen molar-refractivity contribution in [2.45, 2.75) is 25.8 Å². The van der Waals surface area contributed by atoms with E-state index in [0.29, 0.717) is 12.8 Å². The van der Waals surface area contributed by atoms with Crippen LogP contribution in [0.3, 0.4) is 0 Å². The van der Waals surface area contributed by atoms with Crippen LogP contribution in [0.25, 0.3) is 0 Å². The van der Waals surface area contributed by atoms with Crippen molar-refractivity contribution in [2.75, 3.05) is 25.6 Å². The van der Waals surface area contributed by atoms with Gasteiger partial charge in [-0.25, -0.2) is 18.0 Å². The molecule has 0 heterocycles. The van der Waals surface area contributed by atoms with E-state index in [0.717, 1.165) is 11.2 Å². The molecule has 0 radical (unpaired) electrons. The Kier molecular flexibility index (Phi) is 6.67. The van der Waals surface area contributed by atoms with Crippen LogP contribution in [0, 0.1) is 0 Å². The van der Waals surface area contributed by atoms with Crippen molar-refractivity contribution < 1.29 is 23.1 Å². The molecule has 0 saturated carbocycles. The van der Waals surface area contributed by atoms with Crippen molar-refractivity contribution >= 4 is 21.8 Å². The third-order valence-corrected chi connectivity index (χ3v) is 3.24. The van der Waals surface area contributed by atoms with Gasteiger partial charge in [-0.1, -0.05) is 13.3 Å². The Labute approximate surface area is 107 Å². The van der Waals surface area contributed by atoms with Crippen LogP contribution in [-0.4, -0.2) is 62.1 Å². The number of rotatable bonds is 7. The number of hydrogen-bond acceptors (Lipinski definition) is 4. The zero-order valence-electron chi connectivity index (χ0n) is 10.8. The maximum Gasteiger partial charge on any atom is 0.326 e. The van der Waals surface area contributed by atoms with E-state index in [4.69, 9.17) is 5.11 Å². The van der Waals surface area contributed by atoms with Gasteiger partial charge in [-0.3, -0.25) is 0 Å². The Hall–Kier alpha value is -1.31. The molecule has 0 saturated heterocycles.